The molecule has 0 saturated carbocycles. The van der Waals surface area contributed by atoms with Crippen molar-refractivity contribution in [3.8, 4) is 0 Å². The van der Waals surface area contributed by atoms with E-state index in [2.05, 4.69) is 4.98 Å². The van der Waals surface area contributed by atoms with Gasteiger partial charge in [-0.15, -0.1) is 45.3 Å². The highest BCUT2D eigenvalue weighted by Crippen LogP contribution is 2.11. The SMILES string of the molecule is Br.Br.Cc1ncsc1CCN. The lowest BCUT2D eigenvalue weighted by Crippen LogP contribution is -2.01. The van der Waals surface area contributed by atoms with Gasteiger partial charge in [-0.25, -0.2) is 4.98 Å². The first-order chi connectivity index (χ1) is 4.34. The summed E-state index contributed by atoms with van der Waals surface area (Å²) in [6.45, 7) is 2.74. The van der Waals surface area contributed by atoms with Crippen molar-refractivity contribution in [2.45, 2.75) is 13.3 Å². The van der Waals surface area contributed by atoms with Crippen molar-refractivity contribution in [2.24, 2.45) is 5.73 Å². The summed E-state index contributed by atoms with van der Waals surface area (Å²) in [6.07, 6.45) is 0.969. The molecule has 1 aromatic heterocycles. The predicted octanol–water partition coefficient (Wildman–Crippen LogP) is 2.11. The summed E-state index contributed by atoms with van der Waals surface area (Å²) < 4.78 is 0. The van der Waals surface area contributed by atoms with E-state index in [0.29, 0.717) is 0 Å². The van der Waals surface area contributed by atoms with Crippen molar-refractivity contribution < 1.29 is 0 Å². The van der Waals surface area contributed by atoms with E-state index in [1.54, 1.807) is 11.3 Å². The van der Waals surface area contributed by atoms with E-state index < -0.39 is 0 Å². The first-order valence-electron chi connectivity index (χ1n) is 2.93. The van der Waals surface area contributed by atoms with E-state index >= 15 is 0 Å². The quantitative estimate of drug-likeness (QED) is 0.909. The molecule has 0 unspecified atom stereocenters. The van der Waals surface area contributed by atoms with Crippen LogP contribution >= 0.6 is 45.3 Å². The van der Waals surface area contributed by atoms with Crippen LogP contribution in [-0.2, 0) is 6.42 Å². The van der Waals surface area contributed by atoms with E-state index in [0.717, 1.165) is 18.7 Å². The second kappa shape index (κ2) is 7.21. The van der Waals surface area contributed by atoms with E-state index in [-0.39, 0.29) is 34.0 Å². The van der Waals surface area contributed by atoms with Crippen molar-refractivity contribution >= 4 is 45.3 Å². The van der Waals surface area contributed by atoms with Gasteiger partial charge in [0.05, 0.1) is 11.2 Å². The third kappa shape index (κ3) is 4.20. The highest BCUT2D eigenvalue weighted by molar-refractivity contribution is 8.93. The Kier molecular flexibility index (Phi) is 9.24. The van der Waals surface area contributed by atoms with Gasteiger partial charge in [0.2, 0.25) is 0 Å². The maximum absolute atomic E-state index is 5.37. The van der Waals surface area contributed by atoms with Gasteiger partial charge in [0.1, 0.15) is 0 Å². The third-order valence-corrected chi connectivity index (χ3v) is 2.21. The molecule has 2 N–H and O–H groups in total. The van der Waals surface area contributed by atoms with Crippen LogP contribution in [0, 0.1) is 6.92 Å². The number of rotatable bonds is 2. The molecular weight excluding hydrogens is 292 g/mol. The van der Waals surface area contributed by atoms with Gasteiger partial charge in [-0.2, -0.15) is 0 Å². The Hall–Kier alpha value is 0.550. The smallest absolute Gasteiger partial charge is 0.0797 e. The van der Waals surface area contributed by atoms with Crippen molar-refractivity contribution in [1.29, 1.82) is 0 Å². The molecule has 0 saturated heterocycles. The van der Waals surface area contributed by atoms with Crippen LogP contribution in [0.15, 0.2) is 5.51 Å². The molecule has 0 spiro atoms. The second-order valence-corrected chi connectivity index (χ2v) is 2.84. The van der Waals surface area contributed by atoms with Crippen molar-refractivity contribution in [3.05, 3.63) is 16.1 Å². The van der Waals surface area contributed by atoms with Crippen molar-refractivity contribution in [2.75, 3.05) is 6.54 Å². The number of halogens is 2. The maximum atomic E-state index is 5.37. The molecule has 1 aromatic rings. The fourth-order valence-electron chi connectivity index (χ4n) is 0.697. The van der Waals surface area contributed by atoms with Gasteiger partial charge in [-0.1, -0.05) is 0 Å². The monoisotopic (exact) mass is 302 g/mol. The fraction of sp³-hybridized carbons (Fsp3) is 0.500. The van der Waals surface area contributed by atoms with Crippen molar-refractivity contribution in [3.63, 3.8) is 0 Å². The minimum absolute atomic E-state index is 0. The van der Waals surface area contributed by atoms with E-state index in [1.807, 2.05) is 12.4 Å². The Labute approximate surface area is 91.8 Å². The van der Waals surface area contributed by atoms with Crippen LogP contribution in [0.1, 0.15) is 10.6 Å². The lowest BCUT2D eigenvalue weighted by molar-refractivity contribution is 0.970. The van der Waals surface area contributed by atoms with Crippen LogP contribution in [0.4, 0.5) is 0 Å². The minimum Gasteiger partial charge on any atom is -0.330 e. The topological polar surface area (TPSA) is 38.9 Å². The van der Waals surface area contributed by atoms with Crippen LogP contribution in [0.25, 0.3) is 0 Å². The number of hydrogen-bond acceptors (Lipinski definition) is 3. The zero-order chi connectivity index (χ0) is 6.69. The largest absolute Gasteiger partial charge is 0.330 e. The number of hydrogen-bond donors (Lipinski definition) is 1. The molecule has 0 radical (unpaired) electrons. The Morgan fingerprint density at radius 3 is 2.55 bits per heavy atom. The Morgan fingerprint density at radius 2 is 2.18 bits per heavy atom. The molecule has 0 fully saturated rings. The average molecular weight is 304 g/mol. The predicted molar refractivity (Wildman–Crippen MR) is 60.3 cm³/mol. The van der Waals surface area contributed by atoms with Crippen LogP contribution in [0.2, 0.25) is 0 Å². The molecule has 0 bridgehead atoms. The molecule has 5 heteroatoms. The summed E-state index contributed by atoms with van der Waals surface area (Å²) in [5.74, 6) is 0. The molecule has 0 aliphatic carbocycles. The molecule has 1 heterocycles. The number of thiazole rings is 1. The van der Waals surface area contributed by atoms with Crippen LogP contribution in [0.3, 0.4) is 0 Å². The summed E-state index contributed by atoms with van der Waals surface area (Å²) in [5, 5.41) is 0. The Morgan fingerprint density at radius 1 is 1.55 bits per heavy atom. The zero-order valence-electron chi connectivity index (χ0n) is 6.24. The highest BCUT2D eigenvalue weighted by atomic mass is 79.9. The summed E-state index contributed by atoms with van der Waals surface area (Å²) >= 11 is 1.68. The number of nitrogens with two attached hydrogens (primary N) is 1. The minimum atomic E-state index is 0. The van der Waals surface area contributed by atoms with E-state index in [1.165, 1.54) is 4.88 Å². The summed E-state index contributed by atoms with van der Waals surface area (Å²) in [6, 6.07) is 0. The molecule has 2 nitrogen and oxygen atoms in total. The lowest BCUT2D eigenvalue weighted by atomic mass is 10.3. The molecule has 0 amide bonds. The van der Waals surface area contributed by atoms with E-state index in [9.17, 15) is 0 Å². The van der Waals surface area contributed by atoms with Gasteiger partial charge in [-0.3, -0.25) is 0 Å². The molecule has 66 valence electrons. The first-order valence-corrected chi connectivity index (χ1v) is 3.81. The Bertz CT molecular complexity index is 190. The van der Waals surface area contributed by atoms with Gasteiger partial charge in [-0.05, 0) is 19.9 Å². The number of nitrogens with zero attached hydrogens (tertiary/aromatic N) is 1. The van der Waals surface area contributed by atoms with Gasteiger partial charge in [0.25, 0.3) is 0 Å². The highest BCUT2D eigenvalue weighted by Gasteiger charge is 1.97. The van der Waals surface area contributed by atoms with E-state index in [4.69, 9.17) is 5.73 Å². The summed E-state index contributed by atoms with van der Waals surface area (Å²) in [4.78, 5) is 5.42. The van der Waals surface area contributed by atoms with Crippen molar-refractivity contribution in [1.82, 2.24) is 4.98 Å². The normalized spacial score (nSPS) is 8.18. The molecule has 0 aliphatic rings. The third-order valence-electron chi connectivity index (χ3n) is 1.22. The van der Waals surface area contributed by atoms with Gasteiger partial charge in [0, 0.05) is 4.88 Å². The second-order valence-electron chi connectivity index (χ2n) is 1.90. The molecule has 0 aromatic carbocycles. The average Bonchev–Trinajstić information content (AvgIpc) is 2.18. The molecular formula is C6H12Br2N2S. The van der Waals surface area contributed by atoms with Crippen LogP contribution in [0.5, 0.6) is 0 Å². The molecule has 11 heavy (non-hydrogen) atoms. The van der Waals surface area contributed by atoms with Crippen LogP contribution < -0.4 is 5.73 Å². The maximum Gasteiger partial charge on any atom is 0.0797 e. The standard InChI is InChI=1S/C6H10N2S.2BrH/c1-5-6(2-3-7)9-4-8-5;;/h4H,2-3,7H2,1H3;2*1H. The molecule has 0 atom stereocenters. The summed E-state index contributed by atoms with van der Waals surface area (Å²) in [7, 11) is 0. The molecule has 1 rings (SSSR count). The Balaban J connectivity index is 0. The van der Waals surface area contributed by atoms with Gasteiger partial charge in [0.15, 0.2) is 0 Å². The number of aryl methyl sites for hydroxylation is 1. The first kappa shape index (κ1) is 14.1. The van der Waals surface area contributed by atoms with Crippen LogP contribution in [-0.4, -0.2) is 11.5 Å². The summed E-state index contributed by atoms with van der Waals surface area (Å²) in [5.41, 5.74) is 8.36. The van der Waals surface area contributed by atoms with Gasteiger partial charge < -0.3 is 5.73 Å². The zero-order valence-corrected chi connectivity index (χ0v) is 10.5. The fourth-order valence-corrected chi connectivity index (χ4v) is 1.49. The van der Waals surface area contributed by atoms with Gasteiger partial charge >= 0.3 is 0 Å². The number of aromatic nitrogens is 1. The molecule has 0 aliphatic heterocycles. The lowest BCUT2D eigenvalue weighted by Gasteiger charge is -1.90.